The molecule has 1 N–H and O–H groups in total. The van der Waals surface area contributed by atoms with Gasteiger partial charge in [0.15, 0.2) is 5.82 Å². The van der Waals surface area contributed by atoms with Gasteiger partial charge in [0.2, 0.25) is 0 Å². The van der Waals surface area contributed by atoms with E-state index in [9.17, 15) is 4.79 Å². The number of aliphatic imine (C=N–C) groups is 1. The highest BCUT2D eigenvalue weighted by molar-refractivity contribution is 8.14. The third kappa shape index (κ3) is 2.99. The number of pyridine rings is 1. The third-order valence-electron chi connectivity index (χ3n) is 4.37. The third-order valence-corrected chi connectivity index (χ3v) is 5.90. The normalized spacial score (nSPS) is 16.3. The van der Waals surface area contributed by atoms with Gasteiger partial charge in [0.05, 0.1) is 22.5 Å². The van der Waals surface area contributed by atoms with Gasteiger partial charge in [0.25, 0.3) is 5.56 Å². The number of aromatic nitrogens is 3. The van der Waals surface area contributed by atoms with Crippen molar-refractivity contribution in [2.45, 2.75) is 25.6 Å². The van der Waals surface area contributed by atoms with Crippen molar-refractivity contribution < 1.29 is 0 Å². The zero-order chi connectivity index (χ0) is 18.3. The molecule has 1 aliphatic heterocycles. The van der Waals surface area contributed by atoms with Crippen molar-refractivity contribution >= 4 is 34.2 Å². The predicted molar refractivity (Wildman–Crippen MR) is 107 cm³/mol. The maximum absolute atomic E-state index is 12.3. The van der Waals surface area contributed by atoms with Gasteiger partial charge < -0.3 is 4.98 Å². The molecular formula is C19H17ClN4OS. The highest BCUT2D eigenvalue weighted by atomic mass is 35.5. The van der Waals surface area contributed by atoms with Gasteiger partial charge in [0.1, 0.15) is 0 Å². The van der Waals surface area contributed by atoms with Crippen molar-refractivity contribution in [2.24, 2.45) is 4.99 Å². The fourth-order valence-electron chi connectivity index (χ4n) is 3.17. The summed E-state index contributed by atoms with van der Waals surface area (Å²) in [4.78, 5) is 19.8. The molecule has 0 amide bonds. The van der Waals surface area contributed by atoms with Crippen LogP contribution in [0.5, 0.6) is 0 Å². The number of thioether (sulfide) groups is 1. The summed E-state index contributed by atoms with van der Waals surface area (Å²) in [6.07, 6.45) is 1.65. The van der Waals surface area contributed by atoms with Crippen molar-refractivity contribution in [3.63, 3.8) is 0 Å². The Bertz CT molecular complexity index is 1070. The van der Waals surface area contributed by atoms with Crippen LogP contribution < -0.4 is 5.56 Å². The average Bonchev–Trinajstić information content (AvgIpc) is 2.92. The van der Waals surface area contributed by atoms with E-state index in [1.165, 1.54) is 0 Å². The summed E-state index contributed by atoms with van der Waals surface area (Å²) in [5, 5.41) is 6.19. The molecule has 0 spiro atoms. The zero-order valence-corrected chi connectivity index (χ0v) is 15.9. The van der Waals surface area contributed by atoms with Gasteiger partial charge in [-0.2, -0.15) is 5.10 Å². The smallest absolute Gasteiger partial charge is 0.252 e. The highest BCUT2D eigenvalue weighted by Gasteiger charge is 2.31. The van der Waals surface area contributed by atoms with Gasteiger partial charge in [-0.05, 0) is 31.5 Å². The summed E-state index contributed by atoms with van der Waals surface area (Å²) in [6, 6.07) is 11.4. The van der Waals surface area contributed by atoms with Crippen molar-refractivity contribution in [3.05, 3.63) is 80.4 Å². The number of nitrogens with zero attached hydrogens (tertiary/aromatic N) is 3. The van der Waals surface area contributed by atoms with E-state index in [-0.39, 0.29) is 10.8 Å². The number of aromatic amines is 1. The van der Waals surface area contributed by atoms with E-state index in [1.54, 1.807) is 18.0 Å². The molecule has 1 atom stereocenters. The minimum absolute atomic E-state index is 0.0797. The standard InChI is InChI=1S/C19H17ClN4OS/c1-11-16-17(14-7-5-9-21-19(14)25)26-12(2)22-18(16)24(23-11)10-13-6-3-4-8-15(13)20/h3-9,17H,10H2,1-2H3,(H,21,25)/t17-/m0/s1. The van der Waals surface area contributed by atoms with Crippen molar-refractivity contribution in [2.75, 3.05) is 0 Å². The Balaban J connectivity index is 1.83. The quantitative estimate of drug-likeness (QED) is 0.724. The first-order valence-corrected chi connectivity index (χ1v) is 9.50. The Morgan fingerprint density at radius 2 is 2.04 bits per heavy atom. The van der Waals surface area contributed by atoms with E-state index < -0.39 is 0 Å². The lowest BCUT2D eigenvalue weighted by Gasteiger charge is -2.21. The molecule has 2 aromatic heterocycles. The van der Waals surface area contributed by atoms with Crippen molar-refractivity contribution in [1.29, 1.82) is 0 Å². The Hall–Kier alpha value is -2.31. The molecule has 0 saturated heterocycles. The number of hydrogen-bond acceptors (Lipinski definition) is 4. The number of aryl methyl sites for hydroxylation is 1. The molecule has 0 unspecified atom stereocenters. The van der Waals surface area contributed by atoms with Gasteiger partial charge >= 0.3 is 0 Å². The van der Waals surface area contributed by atoms with Gasteiger partial charge in [0, 0.05) is 22.3 Å². The fourth-order valence-corrected chi connectivity index (χ4v) is 4.55. The van der Waals surface area contributed by atoms with E-state index in [4.69, 9.17) is 21.7 Å². The van der Waals surface area contributed by atoms with Gasteiger partial charge in [-0.15, -0.1) is 0 Å². The van der Waals surface area contributed by atoms with E-state index in [0.29, 0.717) is 17.1 Å². The Kier molecular flexibility index (Phi) is 4.46. The second kappa shape index (κ2) is 6.78. The average molecular weight is 385 g/mol. The van der Waals surface area contributed by atoms with Crippen LogP contribution >= 0.6 is 23.4 Å². The molecule has 0 saturated carbocycles. The summed E-state index contributed by atoms with van der Waals surface area (Å²) >= 11 is 7.90. The minimum atomic E-state index is -0.118. The van der Waals surface area contributed by atoms with Crippen LogP contribution in [0.15, 0.2) is 52.4 Å². The molecule has 0 bridgehead atoms. The molecule has 5 nitrogen and oxygen atoms in total. The molecule has 132 valence electrons. The van der Waals surface area contributed by atoms with Gasteiger partial charge in [-0.3, -0.25) is 4.79 Å². The molecule has 0 aliphatic carbocycles. The van der Waals surface area contributed by atoms with E-state index in [2.05, 4.69) is 4.98 Å². The monoisotopic (exact) mass is 384 g/mol. The van der Waals surface area contributed by atoms with Crippen molar-refractivity contribution in [3.8, 4) is 0 Å². The lowest BCUT2D eigenvalue weighted by molar-refractivity contribution is 0.683. The number of rotatable bonds is 3. The fraction of sp³-hybridized carbons (Fsp3) is 0.211. The van der Waals surface area contributed by atoms with Gasteiger partial charge in [-0.25, -0.2) is 9.67 Å². The van der Waals surface area contributed by atoms with Crippen molar-refractivity contribution in [1.82, 2.24) is 14.8 Å². The number of hydrogen-bond donors (Lipinski definition) is 1. The lowest BCUT2D eigenvalue weighted by Crippen LogP contribution is -2.17. The molecule has 0 fully saturated rings. The molecule has 26 heavy (non-hydrogen) atoms. The first-order valence-electron chi connectivity index (χ1n) is 8.25. The van der Waals surface area contributed by atoms with Crippen LogP contribution in [0.1, 0.15) is 34.6 Å². The zero-order valence-electron chi connectivity index (χ0n) is 14.4. The minimum Gasteiger partial charge on any atom is -0.329 e. The van der Waals surface area contributed by atoms with Crippen LogP contribution in [0.25, 0.3) is 0 Å². The van der Waals surface area contributed by atoms with Crippen LogP contribution in [0.3, 0.4) is 0 Å². The van der Waals surface area contributed by atoms with Gasteiger partial charge in [-0.1, -0.05) is 47.6 Å². The van der Waals surface area contributed by atoms with Crippen LogP contribution in [-0.4, -0.2) is 19.8 Å². The summed E-state index contributed by atoms with van der Waals surface area (Å²) in [7, 11) is 0. The second-order valence-corrected chi connectivity index (χ2v) is 7.86. The first-order chi connectivity index (χ1) is 12.5. The molecule has 4 rings (SSSR count). The Labute approximate surface area is 160 Å². The van der Waals surface area contributed by atoms with Crippen LogP contribution in [0, 0.1) is 6.92 Å². The molecule has 1 aliphatic rings. The SMILES string of the molecule is CC1=Nc2c(c(C)nn2Cc2ccccc2Cl)[C@H](c2ccc[nH]c2=O)S1. The summed E-state index contributed by atoms with van der Waals surface area (Å²) in [5.41, 5.74) is 3.49. The van der Waals surface area contributed by atoms with Crippen LogP contribution in [0.2, 0.25) is 5.02 Å². The van der Waals surface area contributed by atoms with E-state index in [0.717, 1.165) is 27.7 Å². The number of halogens is 1. The maximum atomic E-state index is 12.3. The molecule has 0 radical (unpaired) electrons. The Morgan fingerprint density at radius 3 is 2.81 bits per heavy atom. The molecule has 3 aromatic rings. The number of fused-ring (bicyclic) bond motifs is 1. The van der Waals surface area contributed by atoms with Crippen LogP contribution in [0.4, 0.5) is 5.82 Å². The Morgan fingerprint density at radius 1 is 1.23 bits per heavy atom. The molecular weight excluding hydrogens is 368 g/mol. The summed E-state index contributed by atoms with van der Waals surface area (Å²) < 4.78 is 1.87. The van der Waals surface area contributed by atoms with E-state index in [1.807, 2.05) is 54.9 Å². The summed E-state index contributed by atoms with van der Waals surface area (Å²) in [6.45, 7) is 4.46. The second-order valence-electron chi connectivity index (χ2n) is 6.16. The first kappa shape index (κ1) is 17.1. The maximum Gasteiger partial charge on any atom is 0.252 e. The van der Waals surface area contributed by atoms with E-state index >= 15 is 0 Å². The summed E-state index contributed by atoms with van der Waals surface area (Å²) in [5.74, 6) is 0.798. The highest BCUT2D eigenvalue weighted by Crippen LogP contribution is 2.45. The molecule has 7 heteroatoms. The number of benzene rings is 1. The predicted octanol–water partition coefficient (Wildman–Crippen LogP) is 4.47. The lowest BCUT2D eigenvalue weighted by atomic mass is 10.1. The molecule has 3 heterocycles. The van der Waals surface area contributed by atoms with Crippen LogP contribution in [-0.2, 0) is 6.54 Å². The number of H-pyrrole nitrogens is 1. The largest absolute Gasteiger partial charge is 0.329 e. The number of nitrogens with one attached hydrogen (secondary N) is 1. The molecule has 1 aromatic carbocycles. The topological polar surface area (TPSA) is 63.0 Å².